The highest BCUT2D eigenvalue weighted by Gasteiger charge is 2.22. The molecule has 3 aromatic rings. The van der Waals surface area contributed by atoms with Gasteiger partial charge in [-0.05, 0) is 42.5 Å². The number of aromatic nitrogens is 1. The van der Waals surface area contributed by atoms with Gasteiger partial charge in [-0.15, -0.1) is 0 Å². The van der Waals surface area contributed by atoms with Crippen LogP contribution in [0.15, 0.2) is 42.5 Å². The van der Waals surface area contributed by atoms with Crippen LogP contribution in [0.1, 0.15) is 6.92 Å². The Morgan fingerprint density at radius 1 is 1.21 bits per heavy atom. The molecule has 1 aliphatic heterocycles. The van der Waals surface area contributed by atoms with E-state index in [2.05, 4.69) is 15.6 Å². The van der Waals surface area contributed by atoms with Crippen molar-refractivity contribution < 1.29 is 19.1 Å². The number of carbonyl (C=O) groups is 3. The van der Waals surface area contributed by atoms with Crippen LogP contribution in [0.25, 0.3) is 10.2 Å². The maximum atomic E-state index is 13.2. The Morgan fingerprint density at radius 2 is 2.00 bits per heavy atom. The zero-order chi connectivity index (χ0) is 23.4. The average molecular weight is 488 g/mol. The summed E-state index contributed by atoms with van der Waals surface area (Å²) in [7, 11) is 0. The molecule has 2 N–H and O–H groups in total. The highest BCUT2D eigenvalue weighted by atomic mass is 35.5. The largest absolute Gasteiger partial charge is 0.370 e. The van der Waals surface area contributed by atoms with Gasteiger partial charge in [0.1, 0.15) is 6.61 Å². The molecule has 2 aromatic carbocycles. The first-order valence-corrected chi connectivity index (χ1v) is 11.5. The number of nitrogens with one attached hydrogen (secondary N) is 2. The SMILES string of the molecule is CC(=O)Nc1nc2ccc(N(CCN3CCOCC3=O)C(=O)Nc3ccc(Cl)cc3)cc2s1. The Labute approximate surface area is 199 Å². The molecule has 172 valence electrons. The van der Waals surface area contributed by atoms with Crippen molar-refractivity contribution in [2.75, 3.05) is 48.4 Å². The van der Waals surface area contributed by atoms with Crippen molar-refractivity contribution in [1.82, 2.24) is 9.88 Å². The van der Waals surface area contributed by atoms with E-state index in [0.29, 0.717) is 46.7 Å². The molecule has 0 bridgehead atoms. The molecular formula is C22H22ClN5O4S. The van der Waals surface area contributed by atoms with Crippen LogP contribution in [-0.2, 0) is 14.3 Å². The lowest BCUT2D eigenvalue weighted by Gasteiger charge is -2.30. The summed E-state index contributed by atoms with van der Waals surface area (Å²) in [5.41, 5.74) is 1.96. The molecule has 1 aliphatic rings. The van der Waals surface area contributed by atoms with Crippen LogP contribution in [0, 0.1) is 0 Å². The monoisotopic (exact) mass is 487 g/mol. The predicted octanol–water partition coefficient (Wildman–Crippen LogP) is 3.81. The topological polar surface area (TPSA) is 104 Å². The number of nitrogens with zero attached hydrogens (tertiary/aromatic N) is 3. The van der Waals surface area contributed by atoms with Crippen LogP contribution < -0.4 is 15.5 Å². The van der Waals surface area contributed by atoms with E-state index in [1.807, 2.05) is 6.07 Å². The first kappa shape index (κ1) is 23.0. The molecule has 0 aliphatic carbocycles. The quantitative estimate of drug-likeness (QED) is 0.550. The van der Waals surface area contributed by atoms with E-state index in [-0.39, 0.29) is 31.0 Å². The van der Waals surface area contributed by atoms with Crippen LogP contribution >= 0.6 is 22.9 Å². The third-order valence-electron chi connectivity index (χ3n) is 4.98. The van der Waals surface area contributed by atoms with E-state index in [1.165, 1.54) is 18.3 Å². The van der Waals surface area contributed by atoms with Gasteiger partial charge < -0.3 is 20.3 Å². The Morgan fingerprint density at radius 3 is 2.73 bits per heavy atom. The fraction of sp³-hybridized carbons (Fsp3) is 0.273. The Balaban J connectivity index is 1.58. The summed E-state index contributed by atoms with van der Waals surface area (Å²) >= 11 is 7.27. The number of thiazole rings is 1. The number of hydrogen-bond acceptors (Lipinski definition) is 6. The molecular weight excluding hydrogens is 466 g/mol. The van der Waals surface area contributed by atoms with Crippen molar-refractivity contribution in [3.63, 3.8) is 0 Å². The number of rotatable bonds is 6. The van der Waals surface area contributed by atoms with E-state index in [4.69, 9.17) is 16.3 Å². The lowest BCUT2D eigenvalue weighted by Crippen LogP contribution is -2.47. The molecule has 11 heteroatoms. The summed E-state index contributed by atoms with van der Waals surface area (Å²) < 4.78 is 6.01. The lowest BCUT2D eigenvalue weighted by molar-refractivity contribution is -0.142. The summed E-state index contributed by atoms with van der Waals surface area (Å²) in [5.74, 6) is -0.300. The van der Waals surface area contributed by atoms with E-state index in [9.17, 15) is 14.4 Å². The summed E-state index contributed by atoms with van der Waals surface area (Å²) in [5, 5.41) is 6.62. The molecule has 0 unspecified atom stereocenters. The van der Waals surface area contributed by atoms with Gasteiger partial charge >= 0.3 is 6.03 Å². The van der Waals surface area contributed by atoms with Gasteiger partial charge in [-0.2, -0.15) is 0 Å². The fourth-order valence-electron chi connectivity index (χ4n) is 3.36. The fourth-order valence-corrected chi connectivity index (χ4v) is 4.44. The Kier molecular flexibility index (Phi) is 7.07. The third kappa shape index (κ3) is 5.78. The number of fused-ring (bicyclic) bond motifs is 1. The zero-order valence-corrected chi connectivity index (χ0v) is 19.4. The predicted molar refractivity (Wildman–Crippen MR) is 129 cm³/mol. The van der Waals surface area contributed by atoms with Gasteiger partial charge in [0.15, 0.2) is 5.13 Å². The van der Waals surface area contributed by atoms with Crippen LogP contribution in [0.2, 0.25) is 5.02 Å². The number of anilines is 3. The lowest BCUT2D eigenvalue weighted by atomic mass is 10.2. The smallest absolute Gasteiger partial charge is 0.326 e. The van der Waals surface area contributed by atoms with Crippen molar-refractivity contribution in [3.05, 3.63) is 47.5 Å². The van der Waals surface area contributed by atoms with Crippen molar-refractivity contribution in [2.24, 2.45) is 0 Å². The first-order chi connectivity index (χ1) is 15.9. The number of ether oxygens (including phenoxy) is 1. The number of halogens is 1. The van der Waals surface area contributed by atoms with Gasteiger partial charge in [0.25, 0.3) is 0 Å². The standard InChI is InChI=1S/C22H22ClN5O4S/c1-14(29)24-21-26-18-7-6-17(12-19(18)33-21)28(9-8-27-10-11-32-13-20(27)30)22(31)25-16-4-2-15(23)3-5-16/h2-7,12H,8-11,13H2,1H3,(H,25,31)(H,24,26,29). The van der Waals surface area contributed by atoms with Crippen LogP contribution in [0.4, 0.5) is 21.3 Å². The third-order valence-corrected chi connectivity index (χ3v) is 6.17. The number of hydrogen-bond donors (Lipinski definition) is 2. The second-order valence-corrected chi connectivity index (χ2v) is 8.84. The summed E-state index contributed by atoms with van der Waals surface area (Å²) in [4.78, 5) is 44.4. The van der Waals surface area contributed by atoms with E-state index in [0.717, 1.165) is 4.70 Å². The molecule has 1 saturated heterocycles. The molecule has 33 heavy (non-hydrogen) atoms. The normalized spacial score (nSPS) is 13.8. The average Bonchev–Trinajstić information content (AvgIpc) is 3.17. The van der Waals surface area contributed by atoms with Gasteiger partial charge in [-0.25, -0.2) is 9.78 Å². The molecule has 4 amide bonds. The van der Waals surface area contributed by atoms with E-state index >= 15 is 0 Å². The zero-order valence-electron chi connectivity index (χ0n) is 17.8. The first-order valence-electron chi connectivity index (χ1n) is 10.3. The van der Waals surface area contributed by atoms with Crippen LogP contribution in [0.5, 0.6) is 0 Å². The van der Waals surface area contributed by atoms with Crippen LogP contribution in [0.3, 0.4) is 0 Å². The maximum absolute atomic E-state index is 13.2. The van der Waals surface area contributed by atoms with Gasteiger partial charge in [-0.3, -0.25) is 14.5 Å². The summed E-state index contributed by atoms with van der Waals surface area (Å²) in [6, 6.07) is 11.9. The highest BCUT2D eigenvalue weighted by molar-refractivity contribution is 7.22. The number of amides is 4. The number of carbonyl (C=O) groups excluding carboxylic acids is 3. The van der Waals surface area contributed by atoms with E-state index in [1.54, 1.807) is 46.2 Å². The molecule has 1 aromatic heterocycles. The number of urea groups is 1. The minimum atomic E-state index is -0.344. The van der Waals surface area contributed by atoms with Gasteiger partial charge in [0.05, 0.1) is 16.8 Å². The molecule has 9 nitrogen and oxygen atoms in total. The summed E-state index contributed by atoms with van der Waals surface area (Å²) in [6.07, 6.45) is 0. The van der Waals surface area contributed by atoms with Crippen molar-refractivity contribution in [2.45, 2.75) is 6.92 Å². The number of morpholine rings is 1. The van der Waals surface area contributed by atoms with Gasteiger partial charge in [-0.1, -0.05) is 22.9 Å². The van der Waals surface area contributed by atoms with Gasteiger partial charge in [0.2, 0.25) is 11.8 Å². The molecule has 0 atom stereocenters. The second kappa shape index (κ2) is 10.2. The Bertz CT molecular complexity index is 1180. The van der Waals surface area contributed by atoms with E-state index < -0.39 is 0 Å². The van der Waals surface area contributed by atoms with Crippen molar-refractivity contribution >= 4 is 67.5 Å². The Hall–Kier alpha value is -3.21. The number of benzene rings is 2. The minimum absolute atomic E-state index is 0.0513. The maximum Gasteiger partial charge on any atom is 0.326 e. The minimum Gasteiger partial charge on any atom is -0.370 e. The molecule has 2 heterocycles. The second-order valence-electron chi connectivity index (χ2n) is 7.37. The van der Waals surface area contributed by atoms with Crippen molar-refractivity contribution in [3.8, 4) is 0 Å². The van der Waals surface area contributed by atoms with Crippen molar-refractivity contribution in [1.29, 1.82) is 0 Å². The molecule has 0 radical (unpaired) electrons. The molecule has 0 saturated carbocycles. The molecule has 4 rings (SSSR count). The highest BCUT2D eigenvalue weighted by Crippen LogP contribution is 2.30. The molecule has 1 fully saturated rings. The summed E-state index contributed by atoms with van der Waals surface area (Å²) in [6.45, 7) is 3.09. The molecule has 0 spiro atoms. The van der Waals surface area contributed by atoms with Crippen LogP contribution in [-0.4, -0.2) is 60.6 Å². The van der Waals surface area contributed by atoms with Gasteiger partial charge in [0, 0.05) is 43.0 Å².